The summed E-state index contributed by atoms with van der Waals surface area (Å²) in [7, 11) is 3.89. The Bertz CT molecular complexity index is 466. The minimum atomic E-state index is -0.899. The largest absolute Gasteiger partial charge is 0.378 e. The molecule has 0 aliphatic heterocycles. The van der Waals surface area contributed by atoms with Crippen molar-refractivity contribution in [3.05, 3.63) is 39.9 Å². The molecule has 8 nitrogen and oxygen atoms in total. The summed E-state index contributed by atoms with van der Waals surface area (Å²) >= 11 is 0. The molecule has 3 N–H and O–H groups in total. The third kappa shape index (κ3) is 4.47. The average Bonchev–Trinajstić information content (AvgIpc) is 2.28. The number of hydrazone groups is 2. The first-order valence-electron chi connectivity index (χ1n) is 5.04. The van der Waals surface area contributed by atoms with Gasteiger partial charge >= 0.3 is 0 Å². The first-order chi connectivity index (χ1) is 8.49. The van der Waals surface area contributed by atoms with Crippen LogP contribution in [0.5, 0.6) is 0 Å². The van der Waals surface area contributed by atoms with Crippen molar-refractivity contribution in [2.24, 2.45) is 15.9 Å². The van der Waals surface area contributed by atoms with Crippen molar-refractivity contribution in [1.82, 2.24) is 5.43 Å². The van der Waals surface area contributed by atoms with Gasteiger partial charge < -0.3 is 10.6 Å². The maximum Gasteiger partial charge on any atom is 0.286 e. The van der Waals surface area contributed by atoms with E-state index in [4.69, 9.17) is 5.73 Å². The summed E-state index contributed by atoms with van der Waals surface area (Å²) in [5.74, 6) is -0.374. The van der Waals surface area contributed by atoms with Crippen LogP contribution in [0, 0.1) is 10.1 Å². The highest BCUT2D eigenvalue weighted by Crippen LogP contribution is 2.10. The van der Waals surface area contributed by atoms with E-state index in [0.29, 0.717) is 0 Å². The summed E-state index contributed by atoms with van der Waals surface area (Å²) in [4.78, 5) is 12.0. The number of nitrogens with two attached hydrogens (primary N) is 1. The zero-order valence-corrected chi connectivity index (χ0v) is 10.1. The van der Waals surface area contributed by atoms with Crippen LogP contribution in [-0.4, -0.2) is 31.3 Å². The molecule has 1 aromatic carbocycles. The van der Waals surface area contributed by atoms with Crippen molar-refractivity contribution in [3.8, 4) is 0 Å². The Labute approximate surface area is 104 Å². The first kappa shape index (κ1) is 13.4. The minimum Gasteiger partial charge on any atom is -0.378 e. The monoisotopic (exact) mass is 250 g/mol. The molecule has 0 unspecified atom stereocenters. The molecule has 1 rings (SSSR count). The van der Waals surface area contributed by atoms with Gasteiger partial charge in [0.1, 0.15) is 5.10 Å². The predicted molar refractivity (Wildman–Crippen MR) is 70.1 cm³/mol. The molecule has 96 valence electrons. The SMILES string of the molecule is CN(C)c1ccc(/C=N\N/C(N)=N/[N+](=O)[O-])cc1. The standard InChI is InChI=1S/C10H14N6O2/c1-15(2)9-5-3-8(4-6-9)7-12-13-10(11)14-16(17)18/h3-7H,1-2H3,(H3,11,13,14)/b12-7-. The first-order valence-corrected chi connectivity index (χ1v) is 5.04. The van der Waals surface area contributed by atoms with E-state index in [1.807, 2.05) is 43.3 Å². The highest BCUT2D eigenvalue weighted by atomic mass is 16.7. The molecule has 1 aromatic rings. The summed E-state index contributed by atoms with van der Waals surface area (Å²) in [5.41, 5.74) is 9.32. The Hall–Kier alpha value is -2.64. The van der Waals surface area contributed by atoms with Crippen molar-refractivity contribution in [1.29, 1.82) is 0 Å². The maximum absolute atomic E-state index is 9.99. The topological polar surface area (TPSA) is 109 Å². The molecule has 0 saturated carbocycles. The van der Waals surface area contributed by atoms with Gasteiger partial charge in [-0.1, -0.05) is 12.1 Å². The molecule has 0 heterocycles. The quantitative estimate of drug-likeness (QED) is 0.343. The number of hydrogen-bond donors (Lipinski definition) is 2. The minimum absolute atomic E-state index is 0.374. The normalized spacial score (nSPS) is 11.6. The summed E-state index contributed by atoms with van der Waals surface area (Å²) < 4.78 is 0. The third-order valence-corrected chi connectivity index (χ3v) is 1.99. The van der Waals surface area contributed by atoms with Gasteiger partial charge in [0, 0.05) is 19.8 Å². The lowest BCUT2D eigenvalue weighted by Crippen LogP contribution is -2.28. The molecule has 0 atom stereocenters. The fourth-order valence-corrected chi connectivity index (χ4v) is 1.14. The van der Waals surface area contributed by atoms with Crippen molar-refractivity contribution in [3.63, 3.8) is 0 Å². The zero-order chi connectivity index (χ0) is 13.5. The number of nitrogens with one attached hydrogen (secondary N) is 1. The number of anilines is 1. The number of rotatable bonds is 4. The van der Waals surface area contributed by atoms with Gasteiger partial charge in [-0.2, -0.15) is 5.10 Å². The van der Waals surface area contributed by atoms with Crippen molar-refractivity contribution in [2.75, 3.05) is 19.0 Å². The Morgan fingerprint density at radius 2 is 2.06 bits per heavy atom. The van der Waals surface area contributed by atoms with Gasteiger partial charge in [-0.3, -0.25) is 0 Å². The van der Waals surface area contributed by atoms with Crippen molar-refractivity contribution in [2.45, 2.75) is 0 Å². The summed E-state index contributed by atoms with van der Waals surface area (Å²) in [6.45, 7) is 0. The number of benzene rings is 1. The molecule has 0 aromatic heterocycles. The molecule has 0 fully saturated rings. The molecule has 0 aliphatic carbocycles. The van der Waals surface area contributed by atoms with Gasteiger partial charge in [-0.15, -0.1) is 0 Å². The van der Waals surface area contributed by atoms with Crippen LogP contribution in [0.3, 0.4) is 0 Å². The number of guanidine groups is 1. The number of nitrogens with zero attached hydrogens (tertiary/aromatic N) is 4. The van der Waals surface area contributed by atoms with Crippen molar-refractivity contribution >= 4 is 17.9 Å². The second-order valence-electron chi connectivity index (χ2n) is 3.58. The summed E-state index contributed by atoms with van der Waals surface area (Å²) in [6.07, 6.45) is 1.49. The Morgan fingerprint density at radius 1 is 1.44 bits per heavy atom. The van der Waals surface area contributed by atoms with Gasteiger partial charge in [-0.25, -0.2) is 15.5 Å². The third-order valence-electron chi connectivity index (χ3n) is 1.99. The van der Waals surface area contributed by atoms with E-state index < -0.39 is 5.03 Å². The molecule has 8 heteroatoms. The van der Waals surface area contributed by atoms with Crippen molar-refractivity contribution < 1.29 is 5.03 Å². The van der Waals surface area contributed by atoms with Crippen LogP contribution >= 0.6 is 0 Å². The van der Waals surface area contributed by atoms with E-state index >= 15 is 0 Å². The lowest BCUT2D eigenvalue weighted by atomic mass is 10.2. The highest BCUT2D eigenvalue weighted by molar-refractivity contribution is 5.83. The van der Waals surface area contributed by atoms with E-state index in [2.05, 4.69) is 15.6 Å². The van der Waals surface area contributed by atoms with Crippen LogP contribution in [0.1, 0.15) is 5.56 Å². The molecule has 0 spiro atoms. The second-order valence-corrected chi connectivity index (χ2v) is 3.58. The van der Waals surface area contributed by atoms with Crippen LogP contribution in [0.15, 0.2) is 34.5 Å². The lowest BCUT2D eigenvalue weighted by molar-refractivity contribution is -0.485. The van der Waals surface area contributed by atoms with Crippen LogP contribution in [0.25, 0.3) is 0 Å². The van der Waals surface area contributed by atoms with E-state index in [1.54, 1.807) is 0 Å². The number of nitro groups is 1. The molecule has 0 bridgehead atoms. The zero-order valence-electron chi connectivity index (χ0n) is 10.1. The van der Waals surface area contributed by atoms with Crippen LogP contribution in [-0.2, 0) is 0 Å². The van der Waals surface area contributed by atoms with Crippen LogP contribution in [0.4, 0.5) is 5.69 Å². The lowest BCUT2D eigenvalue weighted by Gasteiger charge is -2.11. The van der Waals surface area contributed by atoms with Gasteiger partial charge in [0.25, 0.3) is 5.96 Å². The molecule has 18 heavy (non-hydrogen) atoms. The fraction of sp³-hybridized carbons (Fsp3) is 0.200. The molecule has 0 saturated heterocycles. The average molecular weight is 250 g/mol. The Morgan fingerprint density at radius 3 is 2.56 bits per heavy atom. The molecule has 0 radical (unpaired) electrons. The smallest absolute Gasteiger partial charge is 0.286 e. The molecule has 0 aliphatic rings. The van der Waals surface area contributed by atoms with Gasteiger partial charge in [-0.05, 0) is 17.7 Å². The van der Waals surface area contributed by atoms with Gasteiger partial charge in [0.15, 0.2) is 5.03 Å². The van der Waals surface area contributed by atoms with E-state index in [1.165, 1.54) is 6.21 Å². The Balaban J connectivity index is 2.60. The molecular formula is C10H14N6O2. The predicted octanol–water partition coefficient (Wildman–Crippen LogP) is 0.182. The maximum atomic E-state index is 9.99. The number of hydrogen-bond acceptors (Lipinski definition) is 4. The molecular weight excluding hydrogens is 236 g/mol. The molecule has 0 amide bonds. The highest BCUT2D eigenvalue weighted by Gasteiger charge is 1.96. The van der Waals surface area contributed by atoms with Gasteiger partial charge in [0.2, 0.25) is 0 Å². The Kier molecular flexibility index (Phi) is 4.61. The second kappa shape index (κ2) is 6.18. The fourth-order valence-electron chi connectivity index (χ4n) is 1.14. The summed E-state index contributed by atoms with van der Waals surface area (Å²) in [6, 6.07) is 7.58. The van der Waals surface area contributed by atoms with Gasteiger partial charge in [0.05, 0.1) is 6.21 Å². The van der Waals surface area contributed by atoms with E-state index in [9.17, 15) is 10.1 Å². The summed E-state index contributed by atoms with van der Waals surface area (Å²) in [5, 5.41) is 15.6. The van der Waals surface area contributed by atoms with E-state index in [0.717, 1.165) is 11.3 Å². The van der Waals surface area contributed by atoms with Crippen LogP contribution < -0.4 is 16.1 Å². The van der Waals surface area contributed by atoms with E-state index in [-0.39, 0.29) is 5.96 Å². The van der Waals surface area contributed by atoms with Crippen LogP contribution in [0.2, 0.25) is 0 Å².